The average Bonchev–Trinajstić information content (AvgIpc) is 2.48. The Bertz CT molecular complexity index is 523. The first-order chi connectivity index (χ1) is 9.61. The zero-order valence-electron chi connectivity index (χ0n) is 11.5. The topological polar surface area (TPSA) is 62.4 Å². The molecule has 1 fully saturated rings. The van der Waals surface area contributed by atoms with Crippen LogP contribution in [0.4, 0.5) is 0 Å². The van der Waals surface area contributed by atoms with E-state index in [1.165, 1.54) is 12.3 Å². The molecule has 0 spiro atoms. The van der Waals surface area contributed by atoms with E-state index in [-0.39, 0.29) is 16.5 Å². The number of nitrogens with one attached hydrogen (secondary N) is 1. The smallest absolute Gasteiger partial charge is 0.266 e. The van der Waals surface area contributed by atoms with Crippen molar-refractivity contribution in [3.63, 3.8) is 0 Å². The Morgan fingerprint density at radius 2 is 2.20 bits per heavy atom. The van der Waals surface area contributed by atoms with Gasteiger partial charge in [0.15, 0.2) is 0 Å². The van der Waals surface area contributed by atoms with Crippen LogP contribution in [0.25, 0.3) is 0 Å². The minimum Gasteiger partial charge on any atom is -0.381 e. The van der Waals surface area contributed by atoms with Crippen molar-refractivity contribution in [2.24, 2.45) is 5.92 Å². The van der Waals surface area contributed by atoms with Crippen molar-refractivity contribution in [2.45, 2.75) is 19.8 Å². The van der Waals surface area contributed by atoms with E-state index in [2.05, 4.69) is 4.98 Å². The van der Waals surface area contributed by atoms with Gasteiger partial charge in [-0.25, -0.2) is 0 Å². The fraction of sp³-hybridized carbons (Fsp3) is 0.571. The molecule has 0 atom stereocenters. The number of rotatable bonds is 4. The number of amides is 1. The average molecular weight is 299 g/mol. The molecule has 1 aromatic rings. The fourth-order valence-electron chi connectivity index (χ4n) is 2.36. The molecule has 0 unspecified atom stereocenters. The van der Waals surface area contributed by atoms with E-state index in [0.717, 1.165) is 32.6 Å². The SMILES string of the molecule is CCN(CC1CCOCC1)C(=O)c1c[nH]c(=O)c(Cl)c1. The van der Waals surface area contributed by atoms with Crippen LogP contribution in [0.1, 0.15) is 30.1 Å². The molecule has 1 saturated heterocycles. The summed E-state index contributed by atoms with van der Waals surface area (Å²) in [6.45, 7) is 4.83. The first-order valence-electron chi connectivity index (χ1n) is 6.87. The van der Waals surface area contributed by atoms with Gasteiger partial charge in [0.2, 0.25) is 0 Å². The molecule has 2 heterocycles. The maximum absolute atomic E-state index is 12.4. The Kier molecular flexibility index (Phi) is 5.20. The molecule has 110 valence electrons. The monoisotopic (exact) mass is 298 g/mol. The number of carbonyl (C=O) groups excluding carboxylic acids is 1. The number of H-pyrrole nitrogens is 1. The number of hydrogen-bond donors (Lipinski definition) is 1. The summed E-state index contributed by atoms with van der Waals surface area (Å²) in [6, 6.07) is 1.43. The summed E-state index contributed by atoms with van der Waals surface area (Å²) in [5.41, 5.74) is 0.0409. The lowest BCUT2D eigenvalue weighted by Gasteiger charge is -2.29. The number of nitrogens with zero attached hydrogens (tertiary/aromatic N) is 1. The van der Waals surface area contributed by atoms with Crippen molar-refractivity contribution in [2.75, 3.05) is 26.3 Å². The molecule has 1 aliphatic heterocycles. The van der Waals surface area contributed by atoms with Gasteiger partial charge in [-0.15, -0.1) is 0 Å². The van der Waals surface area contributed by atoms with Crippen LogP contribution in [0.2, 0.25) is 5.02 Å². The number of aromatic nitrogens is 1. The van der Waals surface area contributed by atoms with Gasteiger partial charge in [-0.05, 0) is 31.7 Å². The Balaban J connectivity index is 2.07. The minimum absolute atomic E-state index is 0.0398. The van der Waals surface area contributed by atoms with Crippen LogP contribution in [0.5, 0.6) is 0 Å². The van der Waals surface area contributed by atoms with Crippen LogP contribution in [-0.4, -0.2) is 42.1 Å². The predicted octanol–water partition coefficient (Wildman–Crippen LogP) is 1.92. The first kappa shape index (κ1) is 15.1. The van der Waals surface area contributed by atoms with E-state index in [9.17, 15) is 9.59 Å². The summed E-state index contributed by atoms with van der Waals surface area (Å²) < 4.78 is 5.33. The molecule has 2 rings (SSSR count). The van der Waals surface area contributed by atoms with Crippen molar-refractivity contribution >= 4 is 17.5 Å². The van der Waals surface area contributed by atoms with Gasteiger partial charge >= 0.3 is 0 Å². The van der Waals surface area contributed by atoms with Crippen molar-refractivity contribution in [3.8, 4) is 0 Å². The lowest BCUT2D eigenvalue weighted by molar-refractivity contribution is 0.0466. The van der Waals surface area contributed by atoms with Crippen molar-refractivity contribution < 1.29 is 9.53 Å². The molecule has 6 heteroatoms. The zero-order chi connectivity index (χ0) is 14.5. The van der Waals surface area contributed by atoms with Crippen LogP contribution in [-0.2, 0) is 4.74 Å². The van der Waals surface area contributed by atoms with E-state index in [1.807, 2.05) is 6.92 Å². The fourth-order valence-corrected chi connectivity index (χ4v) is 2.53. The van der Waals surface area contributed by atoms with E-state index in [1.54, 1.807) is 4.90 Å². The largest absolute Gasteiger partial charge is 0.381 e. The van der Waals surface area contributed by atoms with Crippen LogP contribution in [0, 0.1) is 5.92 Å². The van der Waals surface area contributed by atoms with Gasteiger partial charge in [-0.3, -0.25) is 9.59 Å². The number of halogens is 1. The highest BCUT2D eigenvalue weighted by molar-refractivity contribution is 6.30. The lowest BCUT2D eigenvalue weighted by atomic mass is 9.99. The summed E-state index contributed by atoms with van der Waals surface area (Å²) in [6.07, 6.45) is 3.38. The van der Waals surface area contributed by atoms with Crippen molar-refractivity contribution in [1.82, 2.24) is 9.88 Å². The normalized spacial score (nSPS) is 16.1. The Labute approximate surface area is 122 Å². The van der Waals surface area contributed by atoms with Gasteiger partial charge < -0.3 is 14.6 Å². The predicted molar refractivity (Wildman–Crippen MR) is 77.2 cm³/mol. The molecular weight excluding hydrogens is 280 g/mol. The van der Waals surface area contributed by atoms with Gasteiger partial charge in [0.25, 0.3) is 11.5 Å². The summed E-state index contributed by atoms with van der Waals surface area (Å²) in [5.74, 6) is 0.378. The molecule has 0 aliphatic carbocycles. The Hall–Kier alpha value is -1.33. The lowest BCUT2D eigenvalue weighted by Crippen LogP contribution is -2.37. The number of carbonyl (C=O) groups is 1. The maximum atomic E-state index is 12.4. The molecule has 0 aromatic carbocycles. The Morgan fingerprint density at radius 1 is 1.50 bits per heavy atom. The number of ether oxygens (including phenoxy) is 1. The second-order valence-corrected chi connectivity index (χ2v) is 5.37. The van der Waals surface area contributed by atoms with Gasteiger partial charge in [0.1, 0.15) is 5.02 Å². The first-order valence-corrected chi connectivity index (χ1v) is 7.25. The van der Waals surface area contributed by atoms with Crippen LogP contribution >= 0.6 is 11.6 Å². The summed E-state index contributed by atoms with van der Waals surface area (Å²) in [5, 5.41) is 0.0398. The van der Waals surface area contributed by atoms with Crippen LogP contribution < -0.4 is 5.56 Å². The highest BCUT2D eigenvalue weighted by Crippen LogP contribution is 2.17. The van der Waals surface area contributed by atoms with Crippen LogP contribution in [0.3, 0.4) is 0 Å². The quantitative estimate of drug-likeness (QED) is 0.924. The summed E-state index contributed by atoms with van der Waals surface area (Å²) >= 11 is 5.77. The van der Waals surface area contributed by atoms with Gasteiger partial charge in [0, 0.05) is 32.5 Å². The minimum atomic E-state index is -0.379. The zero-order valence-corrected chi connectivity index (χ0v) is 12.3. The van der Waals surface area contributed by atoms with E-state index >= 15 is 0 Å². The molecule has 5 nitrogen and oxygen atoms in total. The molecule has 0 saturated carbocycles. The summed E-state index contributed by atoms with van der Waals surface area (Å²) in [7, 11) is 0. The maximum Gasteiger partial charge on any atom is 0.266 e. The van der Waals surface area contributed by atoms with Gasteiger partial charge in [-0.1, -0.05) is 11.6 Å². The molecular formula is C14H19ClN2O3. The molecule has 0 bridgehead atoms. The second-order valence-electron chi connectivity index (χ2n) is 4.96. The molecule has 1 aliphatic rings. The molecule has 0 radical (unpaired) electrons. The Morgan fingerprint density at radius 3 is 2.80 bits per heavy atom. The third-order valence-corrected chi connectivity index (χ3v) is 3.87. The van der Waals surface area contributed by atoms with Crippen LogP contribution in [0.15, 0.2) is 17.1 Å². The standard InChI is InChI=1S/C14H19ClN2O3/c1-2-17(9-10-3-5-20-6-4-10)14(19)11-7-12(15)13(18)16-8-11/h7-8,10H,2-6,9H2,1H3,(H,16,18). The molecule has 1 N–H and O–H groups in total. The molecule has 1 aromatic heterocycles. The third-order valence-electron chi connectivity index (χ3n) is 3.59. The van der Waals surface area contributed by atoms with E-state index in [0.29, 0.717) is 18.0 Å². The van der Waals surface area contributed by atoms with Crippen molar-refractivity contribution in [3.05, 3.63) is 33.2 Å². The highest BCUT2D eigenvalue weighted by Gasteiger charge is 2.21. The number of hydrogen-bond acceptors (Lipinski definition) is 3. The highest BCUT2D eigenvalue weighted by atomic mass is 35.5. The number of aromatic amines is 1. The van der Waals surface area contributed by atoms with E-state index in [4.69, 9.17) is 16.3 Å². The van der Waals surface area contributed by atoms with Gasteiger partial charge in [-0.2, -0.15) is 0 Å². The summed E-state index contributed by atoms with van der Waals surface area (Å²) in [4.78, 5) is 27.9. The van der Waals surface area contributed by atoms with Gasteiger partial charge in [0.05, 0.1) is 5.56 Å². The second kappa shape index (κ2) is 6.90. The third kappa shape index (κ3) is 3.61. The number of pyridine rings is 1. The molecule has 20 heavy (non-hydrogen) atoms. The van der Waals surface area contributed by atoms with E-state index < -0.39 is 0 Å². The van der Waals surface area contributed by atoms with Crippen molar-refractivity contribution in [1.29, 1.82) is 0 Å². The molecule has 1 amide bonds.